The smallest absolute Gasteiger partial charge is 0.295 e. The lowest BCUT2D eigenvalue weighted by Crippen LogP contribution is -2.46. The first-order chi connectivity index (χ1) is 16.5. The molecular weight excluding hydrogens is 434 g/mol. The molecule has 34 heavy (non-hydrogen) atoms. The molecule has 0 bridgehead atoms. The van der Waals surface area contributed by atoms with Gasteiger partial charge in [-0.15, -0.1) is 0 Å². The average Bonchev–Trinajstić information content (AvgIpc) is 3.38. The fourth-order valence-corrected chi connectivity index (χ4v) is 4.16. The summed E-state index contributed by atoms with van der Waals surface area (Å²) in [6, 6.07) is 13.0. The van der Waals surface area contributed by atoms with Crippen molar-refractivity contribution in [2.45, 2.75) is 19.8 Å². The Bertz CT molecular complexity index is 1130. The average molecular weight is 464 g/mol. The van der Waals surface area contributed by atoms with Gasteiger partial charge in [0, 0.05) is 50.0 Å². The summed E-state index contributed by atoms with van der Waals surface area (Å²) < 4.78 is 1.31. The van der Waals surface area contributed by atoms with Crippen LogP contribution in [0.5, 0.6) is 0 Å². The molecular formula is C24H29N7O3. The standard InChI is InChI=1S/C24H29N7O3/c1-19-5-4-6-21(15-19)29-13-11-28(12-14-29)10-3-2-9-26-24(32)20-7-8-22(23(16-20)31(33)34)30-18-25-17-27-30/h4-8,15-18H,2-3,9-14H2,1H3,(H,26,32). The number of rotatable bonds is 9. The van der Waals surface area contributed by atoms with Crippen LogP contribution < -0.4 is 10.2 Å². The molecule has 0 spiro atoms. The molecule has 4 rings (SSSR count). The lowest BCUT2D eigenvalue weighted by Gasteiger charge is -2.36. The fourth-order valence-electron chi connectivity index (χ4n) is 4.16. The lowest BCUT2D eigenvalue weighted by molar-refractivity contribution is -0.384. The molecule has 1 aromatic heterocycles. The second-order valence-electron chi connectivity index (χ2n) is 8.43. The van der Waals surface area contributed by atoms with Crippen LogP contribution in [-0.4, -0.2) is 69.8 Å². The number of nitro benzene ring substituents is 1. The largest absolute Gasteiger partial charge is 0.369 e. The molecule has 1 amide bonds. The van der Waals surface area contributed by atoms with Crippen molar-refractivity contribution in [2.75, 3.05) is 44.2 Å². The van der Waals surface area contributed by atoms with E-state index in [0.717, 1.165) is 45.6 Å². The van der Waals surface area contributed by atoms with E-state index in [2.05, 4.69) is 56.4 Å². The number of piperazine rings is 1. The first-order valence-electron chi connectivity index (χ1n) is 11.5. The van der Waals surface area contributed by atoms with Crippen LogP contribution >= 0.6 is 0 Å². The number of carbonyl (C=O) groups is 1. The quantitative estimate of drug-likeness (QED) is 0.295. The Morgan fingerprint density at radius 1 is 1.12 bits per heavy atom. The zero-order valence-corrected chi connectivity index (χ0v) is 19.3. The molecule has 0 radical (unpaired) electrons. The van der Waals surface area contributed by atoms with E-state index in [-0.39, 0.29) is 22.8 Å². The van der Waals surface area contributed by atoms with E-state index >= 15 is 0 Å². The van der Waals surface area contributed by atoms with Gasteiger partial charge in [0.05, 0.1) is 4.92 Å². The molecule has 178 valence electrons. The fraction of sp³-hybridized carbons (Fsp3) is 0.375. The number of nitrogens with zero attached hydrogens (tertiary/aromatic N) is 6. The molecule has 2 heterocycles. The van der Waals surface area contributed by atoms with Gasteiger partial charge in [-0.2, -0.15) is 5.10 Å². The minimum Gasteiger partial charge on any atom is -0.369 e. The van der Waals surface area contributed by atoms with E-state index in [0.29, 0.717) is 6.54 Å². The molecule has 10 heteroatoms. The van der Waals surface area contributed by atoms with Crippen LogP contribution in [0.2, 0.25) is 0 Å². The van der Waals surface area contributed by atoms with Crippen LogP contribution in [0.25, 0.3) is 5.69 Å². The Labute approximate surface area is 198 Å². The Balaban J connectivity index is 1.19. The van der Waals surface area contributed by atoms with Crippen LogP contribution in [0.1, 0.15) is 28.8 Å². The number of anilines is 1. The molecule has 1 saturated heterocycles. The number of hydrogen-bond acceptors (Lipinski definition) is 7. The Morgan fingerprint density at radius 2 is 1.94 bits per heavy atom. The number of nitrogens with one attached hydrogen (secondary N) is 1. The second kappa shape index (κ2) is 10.9. The molecule has 1 fully saturated rings. The molecule has 2 aromatic carbocycles. The maximum Gasteiger partial charge on any atom is 0.295 e. The summed E-state index contributed by atoms with van der Waals surface area (Å²) in [7, 11) is 0. The highest BCUT2D eigenvalue weighted by molar-refractivity contribution is 5.95. The number of benzene rings is 2. The third-order valence-electron chi connectivity index (χ3n) is 6.03. The highest BCUT2D eigenvalue weighted by Crippen LogP contribution is 2.23. The SMILES string of the molecule is Cc1cccc(N2CCN(CCCCNC(=O)c3ccc(-n4cncn4)c([N+](=O)[O-])c3)CC2)c1. The second-order valence-corrected chi connectivity index (χ2v) is 8.43. The van der Waals surface area contributed by atoms with Gasteiger partial charge in [-0.1, -0.05) is 12.1 Å². The Morgan fingerprint density at radius 3 is 2.65 bits per heavy atom. The van der Waals surface area contributed by atoms with Gasteiger partial charge in [-0.05, 0) is 56.1 Å². The van der Waals surface area contributed by atoms with Crippen LogP contribution in [0.15, 0.2) is 55.1 Å². The van der Waals surface area contributed by atoms with Gasteiger partial charge in [-0.25, -0.2) is 9.67 Å². The van der Waals surface area contributed by atoms with Crippen molar-refractivity contribution in [1.29, 1.82) is 0 Å². The molecule has 1 aliphatic rings. The number of amides is 1. The van der Waals surface area contributed by atoms with E-state index in [9.17, 15) is 14.9 Å². The van der Waals surface area contributed by atoms with E-state index < -0.39 is 4.92 Å². The normalized spacial score (nSPS) is 14.2. The number of aryl methyl sites for hydroxylation is 1. The van der Waals surface area contributed by atoms with Crippen LogP contribution in [-0.2, 0) is 0 Å². The molecule has 0 unspecified atom stereocenters. The van der Waals surface area contributed by atoms with Crippen molar-refractivity contribution in [3.05, 3.63) is 76.4 Å². The van der Waals surface area contributed by atoms with Crippen LogP contribution in [0, 0.1) is 17.0 Å². The summed E-state index contributed by atoms with van der Waals surface area (Å²) >= 11 is 0. The van der Waals surface area contributed by atoms with Gasteiger partial charge in [-0.3, -0.25) is 19.8 Å². The first kappa shape index (κ1) is 23.4. The lowest BCUT2D eigenvalue weighted by atomic mass is 10.1. The summed E-state index contributed by atoms with van der Waals surface area (Å²) in [6.07, 6.45) is 4.51. The molecule has 0 atom stereocenters. The maximum atomic E-state index is 12.5. The highest BCUT2D eigenvalue weighted by Gasteiger charge is 2.20. The van der Waals surface area contributed by atoms with E-state index in [1.807, 2.05) is 0 Å². The van der Waals surface area contributed by atoms with Crippen molar-refractivity contribution < 1.29 is 9.72 Å². The van der Waals surface area contributed by atoms with Gasteiger partial charge in [0.25, 0.3) is 11.6 Å². The molecule has 0 aliphatic carbocycles. The van der Waals surface area contributed by atoms with E-state index in [4.69, 9.17) is 0 Å². The topological polar surface area (TPSA) is 109 Å². The van der Waals surface area contributed by atoms with Gasteiger partial charge in [0.15, 0.2) is 0 Å². The van der Waals surface area contributed by atoms with Gasteiger partial charge < -0.3 is 10.2 Å². The van der Waals surface area contributed by atoms with E-state index in [1.54, 1.807) is 6.07 Å². The minimum absolute atomic E-state index is 0.192. The van der Waals surface area contributed by atoms with Gasteiger partial charge >= 0.3 is 0 Å². The molecule has 10 nitrogen and oxygen atoms in total. The predicted molar refractivity (Wildman–Crippen MR) is 129 cm³/mol. The number of nitro groups is 1. The van der Waals surface area contributed by atoms with Crippen molar-refractivity contribution >= 4 is 17.3 Å². The summed E-state index contributed by atoms with van der Waals surface area (Å²) in [6.45, 7) is 7.74. The van der Waals surface area contributed by atoms with Crippen molar-refractivity contribution in [3.63, 3.8) is 0 Å². The van der Waals surface area contributed by atoms with Crippen molar-refractivity contribution in [2.24, 2.45) is 0 Å². The summed E-state index contributed by atoms with van der Waals surface area (Å²) in [5.41, 5.74) is 2.90. The van der Waals surface area contributed by atoms with Gasteiger partial charge in [0.1, 0.15) is 18.3 Å². The minimum atomic E-state index is -0.521. The van der Waals surface area contributed by atoms with Crippen molar-refractivity contribution in [3.8, 4) is 5.69 Å². The number of aromatic nitrogens is 3. The number of unbranched alkanes of at least 4 members (excludes halogenated alkanes) is 1. The Kier molecular flexibility index (Phi) is 7.48. The molecule has 3 aromatic rings. The monoisotopic (exact) mass is 463 g/mol. The number of hydrogen-bond donors (Lipinski definition) is 1. The van der Waals surface area contributed by atoms with Crippen LogP contribution in [0.4, 0.5) is 11.4 Å². The first-order valence-corrected chi connectivity index (χ1v) is 11.5. The maximum absolute atomic E-state index is 12.5. The Hall–Kier alpha value is -3.79. The third-order valence-corrected chi connectivity index (χ3v) is 6.03. The number of carbonyl (C=O) groups excluding carboxylic acids is 1. The molecule has 0 saturated carbocycles. The third kappa shape index (κ3) is 5.76. The van der Waals surface area contributed by atoms with E-state index in [1.165, 1.54) is 40.7 Å². The summed E-state index contributed by atoms with van der Waals surface area (Å²) in [4.78, 5) is 32.1. The molecule has 1 N–H and O–H groups in total. The summed E-state index contributed by atoms with van der Waals surface area (Å²) in [5.74, 6) is -0.319. The summed E-state index contributed by atoms with van der Waals surface area (Å²) in [5, 5.41) is 18.3. The van der Waals surface area contributed by atoms with Crippen LogP contribution in [0.3, 0.4) is 0 Å². The zero-order valence-electron chi connectivity index (χ0n) is 19.3. The molecule has 1 aliphatic heterocycles. The van der Waals surface area contributed by atoms with Crippen molar-refractivity contribution in [1.82, 2.24) is 25.0 Å². The van der Waals surface area contributed by atoms with Gasteiger partial charge in [0.2, 0.25) is 0 Å². The zero-order chi connectivity index (χ0) is 23.9. The predicted octanol–water partition coefficient (Wildman–Crippen LogP) is 2.82. The highest BCUT2D eigenvalue weighted by atomic mass is 16.6.